The number of hydrogen-bond acceptors (Lipinski definition) is 3. The van der Waals surface area contributed by atoms with Gasteiger partial charge in [-0.25, -0.2) is 0 Å². The predicted molar refractivity (Wildman–Crippen MR) is 99.1 cm³/mol. The summed E-state index contributed by atoms with van der Waals surface area (Å²) in [5.41, 5.74) is 1.40. The van der Waals surface area contributed by atoms with Crippen LogP contribution < -0.4 is 0 Å². The van der Waals surface area contributed by atoms with Crippen molar-refractivity contribution < 1.29 is 17.9 Å². The summed E-state index contributed by atoms with van der Waals surface area (Å²) in [4.78, 5) is 2.36. The van der Waals surface area contributed by atoms with E-state index in [1.165, 1.54) is 11.6 Å². The molecule has 0 spiro atoms. The maximum atomic E-state index is 13.3. The smallest absolute Gasteiger partial charge is 0.378 e. The number of nitriles is 1. The molecule has 0 radical (unpaired) electrons. The molecule has 0 N–H and O–H groups in total. The highest BCUT2D eigenvalue weighted by Gasteiger charge is 2.37. The van der Waals surface area contributed by atoms with E-state index < -0.39 is 11.7 Å². The van der Waals surface area contributed by atoms with Gasteiger partial charge in [0.05, 0.1) is 36.5 Å². The van der Waals surface area contributed by atoms with Crippen molar-refractivity contribution in [2.45, 2.75) is 31.2 Å². The van der Waals surface area contributed by atoms with E-state index >= 15 is 0 Å². The van der Waals surface area contributed by atoms with Crippen LogP contribution in [0, 0.1) is 11.3 Å². The lowest BCUT2D eigenvalue weighted by Crippen LogP contribution is -2.53. The van der Waals surface area contributed by atoms with E-state index in [-0.39, 0.29) is 17.6 Å². The Morgan fingerprint density at radius 2 is 1.89 bits per heavy atom. The van der Waals surface area contributed by atoms with Crippen LogP contribution in [0.4, 0.5) is 13.2 Å². The number of rotatable bonds is 3. The molecule has 28 heavy (non-hydrogen) atoms. The van der Waals surface area contributed by atoms with Gasteiger partial charge in [-0.2, -0.15) is 18.4 Å². The summed E-state index contributed by atoms with van der Waals surface area (Å²) < 4.78 is 45.7. The van der Waals surface area contributed by atoms with Crippen LogP contribution >= 0.6 is 0 Å². The van der Waals surface area contributed by atoms with Gasteiger partial charge in [0.2, 0.25) is 0 Å². The van der Waals surface area contributed by atoms with E-state index in [1.54, 1.807) is 12.1 Å². The van der Waals surface area contributed by atoms with Crippen LogP contribution in [0.2, 0.25) is 0 Å². The van der Waals surface area contributed by atoms with Gasteiger partial charge in [-0.3, -0.25) is 4.90 Å². The SMILES string of the molecule is N#Cc1ccc(C2=CC3COCC(C2)N3Cc2ccccc2)cc1C(F)(F)F. The molecule has 144 valence electrons. The first-order chi connectivity index (χ1) is 13.5. The summed E-state index contributed by atoms with van der Waals surface area (Å²) in [6.07, 6.45) is -1.92. The molecule has 3 nitrogen and oxygen atoms in total. The first-order valence-corrected chi connectivity index (χ1v) is 9.15. The number of hydrogen-bond donors (Lipinski definition) is 0. The third-order valence-electron chi connectivity index (χ3n) is 5.37. The molecule has 6 heteroatoms. The zero-order valence-electron chi connectivity index (χ0n) is 15.1. The van der Waals surface area contributed by atoms with E-state index in [1.807, 2.05) is 24.3 Å². The van der Waals surface area contributed by atoms with Crippen LogP contribution in [0.1, 0.15) is 28.7 Å². The van der Waals surface area contributed by atoms with Crippen molar-refractivity contribution in [2.75, 3.05) is 13.2 Å². The molecule has 2 aromatic rings. The number of halogens is 3. The summed E-state index contributed by atoms with van der Waals surface area (Å²) in [5, 5.41) is 9.00. The van der Waals surface area contributed by atoms with Crippen molar-refractivity contribution in [3.8, 4) is 6.07 Å². The predicted octanol–water partition coefficient (Wildman–Crippen LogP) is 4.63. The Kier molecular flexibility index (Phi) is 4.96. The summed E-state index contributed by atoms with van der Waals surface area (Å²) in [6, 6.07) is 15.9. The minimum Gasteiger partial charge on any atom is -0.378 e. The minimum absolute atomic E-state index is 0.0210. The Bertz CT molecular complexity index is 931. The molecule has 2 aliphatic heterocycles. The monoisotopic (exact) mass is 384 g/mol. The lowest BCUT2D eigenvalue weighted by molar-refractivity contribution is -0.137. The van der Waals surface area contributed by atoms with Gasteiger partial charge in [0.25, 0.3) is 0 Å². The Hall–Kier alpha value is -2.62. The molecule has 2 heterocycles. The van der Waals surface area contributed by atoms with E-state index in [0.717, 1.165) is 18.2 Å². The van der Waals surface area contributed by atoms with Crippen molar-refractivity contribution in [3.05, 3.63) is 76.9 Å². The maximum Gasteiger partial charge on any atom is 0.417 e. The molecule has 2 atom stereocenters. The Labute approximate surface area is 161 Å². The zero-order chi connectivity index (χ0) is 19.7. The van der Waals surface area contributed by atoms with Gasteiger partial charge in [0.15, 0.2) is 0 Å². The molecule has 4 rings (SSSR count). The van der Waals surface area contributed by atoms with Crippen molar-refractivity contribution in [1.82, 2.24) is 4.90 Å². The number of morpholine rings is 1. The standard InChI is InChI=1S/C22H19F3N2O/c23-22(24,25)21-10-16(6-7-17(21)11-26)18-8-19-13-28-14-20(9-18)27(19)12-15-4-2-1-3-5-15/h1-8,10,19-20H,9,12-14H2. The lowest BCUT2D eigenvalue weighted by Gasteiger charge is -2.45. The molecule has 2 unspecified atom stereocenters. The molecule has 2 aromatic carbocycles. The van der Waals surface area contributed by atoms with Crippen molar-refractivity contribution in [3.63, 3.8) is 0 Å². The first-order valence-electron chi connectivity index (χ1n) is 9.15. The summed E-state index contributed by atoms with van der Waals surface area (Å²) in [7, 11) is 0. The highest BCUT2D eigenvalue weighted by Crippen LogP contribution is 2.37. The third-order valence-corrected chi connectivity index (χ3v) is 5.37. The van der Waals surface area contributed by atoms with E-state index in [9.17, 15) is 13.2 Å². The van der Waals surface area contributed by atoms with Gasteiger partial charge in [0, 0.05) is 12.6 Å². The average molecular weight is 384 g/mol. The Morgan fingerprint density at radius 1 is 1.11 bits per heavy atom. The van der Waals surface area contributed by atoms with E-state index in [0.29, 0.717) is 25.2 Å². The average Bonchev–Trinajstić information content (AvgIpc) is 2.67. The second kappa shape index (κ2) is 7.42. The van der Waals surface area contributed by atoms with Crippen molar-refractivity contribution >= 4 is 5.57 Å². The first kappa shape index (κ1) is 18.7. The number of ether oxygens (including phenoxy) is 1. The molecular weight excluding hydrogens is 365 g/mol. The number of benzene rings is 2. The lowest BCUT2D eigenvalue weighted by atomic mass is 9.88. The molecule has 1 saturated heterocycles. The minimum atomic E-state index is -4.55. The fourth-order valence-electron chi connectivity index (χ4n) is 3.99. The normalized spacial score (nSPS) is 22.4. The number of fused-ring (bicyclic) bond motifs is 2. The van der Waals surface area contributed by atoms with Gasteiger partial charge < -0.3 is 4.74 Å². The van der Waals surface area contributed by atoms with Gasteiger partial charge >= 0.3 is 6.18 Å². The number of alkyl halides is 3. The van der Waals surface area contributed by atoms with Gasteiger partial charge in [0.1, 0.15) is 0 Å². The van der Waals surface area contributed by atoms with E-state index in [4.69, 9.17) is 10.00 Å². The van der Waals surface area contributed by atoms with Gasteiger partial charge in [-0.15, -0.1) is 0 Å². The molecule has 0 aliphatic carbocycles. The maximum absolute atomic E-state index is 13.3. The fourth-order valence-corrected chi connectivity index (χ4v) is 3.99. The molecule has 0 amide bonds. The second-order valence-corrected chi connectivity index (χ2v) is 7.18. The fraction of sp³-hybridized carbons (Fsp3) is 0.318. The van der Waals surface area contributed by atoms with Crippen molar-refractivity contribution in [2.24, 2.45) is 0 Å². The molecular formula is C22H19F3N2O. The van der Waals surface area contributed by atoms with Gasteiger partial charge in [-0.1, -0.05) is 42.5 Å². The third kappa shape index (κ3) is 3.68. The molecule has 0 aromatic heterocycles. The summed E-state index contributed by atoms with van der Waals surface area (Å²) in [6.45, 7) is 1.86. The van der Waals surface area contributed by atoms with Crippen LogP contribution in [0.25, 0.3) is 5.57 Å². The topological polar surface area (TPSA) is 36.3 Å². The summed E-state index contributed by atoms with van der Waals surface area (Å²) in [5.74, 6) is 0. The van der Waals surface area contributed by atoms with Crippen LogP contribution in [-0.4, -0.2) is 30.2 Å². The van der Waals surface area contributed by atoms with Crippen LogP contribution in [0.5, 0.6) is 0 Å². The number of nitrogens with zero attached hydrogens (tertiary/aromatic N) is 2. The Morgan fingerprint density at radius 3 is 2.57 bits per heavy atom. The largest absolute Gasteiger partial charge is 0.417 e. The van der Waals surface area contributed by atoms with Crippen LogP contribution in [0.15, 0.2) is 54.6 Å². The molecule has 0 saturated carbocycles. The zero-order valence-corrected chi connectivity index (χ0v) is 15.1. The highest BCUT2D eigenvalue weighted by atomic mass is 19.4. The molecule has 1 fully saturated rings. The van der Waals surface area contributed by atoms with Crippen LogP contribution in [-0.2, 0) is 17.5 Å². The molecule has 2 bridgehead atoms. The van der Waals surface area contributed by atoms with E-state index in [2.05, 4.69) is 17.0 Å². The van der Waals surface area contributed by atoms with Gasteiger partial charge in [-0.05, 0) is 35.3 Å². The quantitative estimate of drug-likeness (QED) is 0.774. The van der Waals surface area contributed by atoms with Crippen molar-refractivity contribution in [1.29, 1.82) is 5.26 Å². The molecule has 2 aliphatic rings. The van der Waals surface area contributed by atoms with Crippen LogP contribution in [0.3, 0.4) is 0 Å². The highest BCUT2D eigenvalue weighted by molar-refractivity contribution is 5.69. The second-order valence-electron chi connectivity index (χ2n) is 7.18. The Balaban J connectivity index is 1.65. The summed E-state index contributed by atoms with van der Waals surface area (Å²) >= 11 is 0.